The Balaban J connectivity index is 4.28. The van der Waals surface area contributed by atoms with E-state index in [0.717, 1.165) is 89.9 Å². The van der Waals surface area contributed by atoms with Crippen LogP contribution in [0.5, 0.6) is 0 Å². The number of phosphoric acid groups is 1. The van der Waals surface area contributed by atoms with Crippen LogP contribution in [-0.4, -0.2) is 49.3 Å². The van der Waals surface area contributed by atoms with Crippen LogP contribution >= 0.6 is 7.82 Å². The molecule has 10 heteroatoms. The Morgan fingerprint density at radius 2 is 1.17 bits per heavy atom. The van der Waals surface area contributed by atoms with Gasteiger partial charge in [0, 0.05) is 19.4 Å². The summed E-state index contributed by atoms with van der Waals surface area (Å²) < 4.78 is 32.5. The first-order chi connectivity index (χ1) is 22.8. The minimum atomic E-state index is -4.37. The first-order valence-electron chi connectivity index (χ1n) is 18.1. The molecule has 0 aromatic rings. The summed E-state index contributed by atoms with van der Waals surface area (Å²) in [6, 6.07) is 0. The Morgan fingerprint density at radius 3 is 1.77 bits per heavy atom. The predicted octanol–water partition coefficient (Wildman–Crippen LogP) is 9.60. The van der Waals surface area contributed by atoms with Crippen LogP contribution < -0.4 is 5.73 Å². The summed E-state index contributed by atoms with van der Waals surface area (Å²) in [6.07, 6.45) is 35.7. The molecule has 0 aromatic heterocycles. The van der Waals surface area contributed by atoms with Gasteiger partial charge in [-0.3, -0.25) is 18.6 Å². The lowest BCUT2D eigenvalue weighted by Gasteiger charge is -2.19. The van der Waals surface area contributed by atoms with E-state index in [9.17, 15) is 19.0 Å². The standard InChI is InChI=1S/C37H66NO8P/c1-3-5-7-9-11-13-15-16-17-18-20-21-23-25-27-29-36(39)43-33-35(34-45-47(41,42)44-32-31-38)46-37(40)30-28-26-24-22-19-14-12-10-8-6-4-2/h5,7,10-13,16-17,35H,3-4,6,8-9,14-15,18-34,38H2,1-2H3,(H,41,42)/b7-5+,12-10+,13-11+,17-16+/t35-/m1/s1. The van der Waals surface area contributed by atoms with Gasteiger partial charge in [-0.15, -0.1) is 0 Å². The zero-order valence-corrected chi connectivity index (χ0v) is 30.4. The van der Waals surface area contributed by atoms with Crippen LogP contribution in [0.1, 0.15) is 142 Å². The highest BCUT2D eigenvalue weighted by Gasteiger charge is 2.25. The van der Waals surface area contributed by atoms with Crippen molar-refractivity contribution in [2.24, 2.45) is 5.73 Å². The van der Waals surface area contributed by atoms with Crippen LogP contribution in [0.4, 0.5) is 0 Å². The van der Waals surface area contributed by atoms with E-state index in [1.165, 1.54) is 12.8 Å². The molecule has 0 amide bonds. The fourth-order valence-electron chi connectivity index (χ4n) is 4.51. The number of esters is 2. The Hall–Kier alpha value is -2.03. The largest absolute Gasteiger partial charge is 0.472 e. The molecule has 0 rings (SSSR count). The van der Waals surface area contributed by atoms with Crippen molar-refractivity contribution >= 4 is 19.8 Å². The number of hydrogen-bond acceptors (Lipinski definition) is 8. The maximum atomic E-state index is 12.5. The van der Waals surface area contributed by atoms with Crippen LogP contribution in [0.2, 0.25) is 0 Å². The van der Waals surface area contributed by atoms with Crippen LogP contribution in [0.25, 0.3) is 0 Å². The van der Waals surface area contributed by atoms with Gasteiger partial charge in [0.25, 0.3) is 0 Å². The van der Waals surface area contributed by atoms with Gasteiger partial charge in [-0.05, 0) is 64.2 Å². The van der Waals surface area contributed by atoms with Crippen molar-refractivity contribution in [2.75, 3.05) is 26.4 Å². The van der Waals surface area contributed by atoms with Gasteiger partial charge in [0.2, 0.25) is 0 Å². The van der Waals surface area contributed by atoms with Crippen LogP contribution in [0.3, 0.4) is 0 Å². The first-order valence-corrected chi connectivity index (χ1v) is 19.6. The summed E-state index contributed by atoms with van der Waals surface area (Å²) in [6.45, 7) is 3.52. The molecule has 0 saturated heterocycles. The van der Waals surface area contributed by atoms with Crippen molar-refractivity contribution < 1.29 is 37.6 Å². The molecule has 1 unspecified atom stereocenters. The highest BCUT2D eigenvalue weighted by Crippen LogP contribution is 2.43. The molecule has 0 fully saturated rings. The fourth-order valence-corrected chi connectivity index (χ4v) is 5.27. The number of allylic oxidation sites excluding steroid dienone is 8. The second-order valence-corrected chi connectivity index (χ2v) is 13.2. The van der Waals surface area contributed by atoms with Crippen LogP contribution in [0.15, 0.2) is 48.6 Å². The predicted molar refractivity (Wildman–Crippen MR) is 192 cm³/mol. The average Bonchev–Trinajstić information content (AvgIpc) is 3.05. The lowest BCUT2D eigenvalue weighted by molar-refractivity contribution is -0.161. The minimum Gasteiger partial charge on any atom is -0.462 e. The highest BCUT2D eigenvalue weighted by molar-refractivity contribution is 7.47. The molecule has 47 heavy (non-hydrogen) atoms. The zero-order chi connectivity index (χ0) is 34.7. The highest BCUT2D eigenvalue weighted by atomic mass is 31.2. The molecule has 2 atom stereocenters. The van der Waals surface area contributed by atoms with Crippen molar-refractivity contribution in [1.29, 1.82) is 0 Å². The number of unbranched alkanes of at least 4 members (excludes halogenated alkanes) is 12. The monoisotopic (exact) mass is 683 g/mol. The Kier molecular flexibility index (Phi) is 32.4. The molecule has 0 saturated carbocycles. The number of carbonyl (C=O) groups excluding carboxylic acids is 2. The van der Waals surface area contributed by atoms with Crippen molar-refractivity contribution in [3.63, 3.8) is 0 Å². The van der Waals surface area contributed by atoms with E-state index in [1.807, 2.05) is 0 Å². The summed E-state index contributed by atoms with van der Waals surface area (Å²) in [4.78, 5) is 34.6. The molecule has 272 valence electrons. The van der Waals surface area contributed by atoms with E-state index in [4.69, 9.17) is 24.3 Å². The molecule has 0 aromatic carbocycles. The molecular weight excluding hydrogens is 617 g/mol. The number of hydrogen-bond donors (Lipinski definition) is 2. The van der Waals surface area contributed by atoms with Gasteiger partial charge in [0.1, 0.15) is 6.61 Å². The number of nitrogens with two attached hydrogens (primary N) is 1. The van der Waals surface area contributed by atoms with E-state index in [2.05, 4.69) is 62.5 Å². The molecule has 0 aliphatic heterocycles. The molecule has 0 spiro atoms. The zero-order valence-electron chi connectivity index (χ0n) is 29.5. The third-order valence-corrected chi connectivity index (χ3v) is 8.18. The van der Waals surface area contributed by atoms with Gasteiger partial charge in [-0.25, -0.2) is 4.57 Å². The Morgan fingerprint density at radius 1 is 0.660 bits per heavy atom. The van der Waals surface area contributed by atoms with E-state index < -0.39 is 32.5 Å². The molecule has 0 bridgehead atoms. The SMILES string of the molecule is CC/C=C/C/C=C/C/C=C/CCCCCCCC(=O)OC[C@H](COP(=O)(O)OCCN)OC(=O)CCCCCCC/C=C/CCCC. The summed E-state index contributed by atoms with van der Waals surface area (Å²) >= 11 is 0. The first kappa shape index (κ1) is 45.0. The van der Waals surface area contributed by atoms with Gasteiger partial charge >= 0.3 is 19.8 Å². The van der Waals surface area contributed by atoms with E-state index in [1.54, 1.807) is 0 Å². The summed E-state index contributed by atoms with van der Waals surface area (Å²) in [5.74, 6) is -0.866. The maximum Gasteiger partial charge on any atom is 0.472 e. The molecular formula is C37H66NO8P. The third kappa shape index (κ3) is 33.7. The van der Waals surface area contributed by atoms with Gasteiger partial charge in [-0.1, -0.05) is 114 Å². The van der Waals surface area contributed by atoms with Gasteiger partial charge in [0.15, 0.2) is 6.10 Å². The summed E-state index contributed by atoms with van der Waals surface area (Å²) in [5.41, 5.74) is 5.32. The van der Waals surface area contributed by atoms with Crippen molar-refractivity contribution in [3.8, 4) is 0 Å². The number of rotatable bonds is 33. The molecule has 0 heterocycles. The number of phosphoric ester groups is 1. The molecule has 3 N–H and O–H groups in total. The molecule has 0 aliphatic carbocycles. The second-order valence-electron chi connectivity index (χ2n) is 11.7. The smallest absolute Gasteiger partial charge is 0.462 e. The second kappa shape index (κ2) is 33.9. The molecule has 9 nitrogen and oxygen atoms in total. The van der Waals surface area contributed by atoms with Crippen molar-refractivity contribution in [1.82, 2.24) is 0 Å². The normalized spacial score (nSPS) is 14.0. The topological polar surface area (TPSA) is 134 Å². The summed E-state index contributed by atoms with van der Waals surface area (Å²) in [5, 5.41) is 0. The fraction of sp³-hybridized carbons (Fsp3) is 0.730. The molecule has 0 radical (unpaired) electrons. The third-order valence-electron chi connectivity index (χ3n) is 7.20. The lowest BCUT2D eigenvalue weighted by Crippen LogP contribution is -2.29. The minimum absolute atomic E-state index is 0.0477. The average molecular weight is 684 g/mol. The van der Waals surface area contributed by atoms with E-state index >= 15 is 0 Å². The van der Waals surface area contributed by atoms with E-state index in [-0.39, 0.29) is 32.6 Å². The van der Waals surface area contributed by atoms with Gasteiger partial charge < -0.3 is 20.1 Å². The Labute approximate surface area is 286 Å². The van der Waals surface area contributed by atoms with Crippen LogP contribution in [-0.2, 0) is 32.7 Å². The van der Waals surface area contributed by atoms with Crippen molar-refractivity contribution in [3.05, 3.63) is 48.6 Å². The van der Waals surface area contributed by atoms with Crippen LogP contribution in [0, 0.1) is 0 Å². The quantitative estimate of drug-likeness (QED) is 0.0300. The van der Waals surface area contributed by atoms with Crippen molar-refractivity contribution in [2.45, 2.75) is 148 Å². The summed E-state index contributed by atoms with van der Waals surface area (Å²) in [7, 11) is -4.37. The molecule has 0 aliphatic rings. The maximum absolute atomic E-state index is 12.5. The van der Waals surface area contributed by atoms with Gasteiger partial charge in [-0.2, -0.15) is 0 Å². The number of ether oxygens (including phenoxy) is 2. The van der Waals surface area contributed by atoms with Gasteiger partial charge in [0.05, 0.1) is 13.2 Å². The number of carbonyl (C=O) groups is 2. The lowest BCUT2D eigenvalue weighted by atomic mass is 10.1. The van der Waals surface area contributed by atoms with E-state index in [0.29, 0.717) is 12.8 Å². The Bertz CT molecular complexity index is 918.